The first kappa shape index (κ1) is 17.3. The first-order chi connectivity index (χ1) is 8.30. The zero-order valence-corrected chi connectivity index (χ0v) is 11.7. The van der Waals surface area contributed by atoms with E-state index in [0.717, 1.165) is 11.5 Å². The van der Waals surface area contributed by atoms with Crippen LogP contribution in [-0.4, -0.2) is 32.9 Å². The van der Waals surface area contributed by atoms with E-state index >= 15 is 0 Å². The molecule has 0 unspecified atom stereocenters. The molecule has 0 aromatic carbocycles. The van der Waals surface area contributed by atoms with Gasteiger partial charge >= 0.3 is 0 Å². The monoisotopic (exact) mass is 267 g/mol. The minimum atomic E-state index is 0. The van der Waals surface area contributed by atoms with Gasteiger partial charge in [-0.1, -0.05) is 47.3 Å². The third-order valence-electron chi connectivity index (χ3n) is 2.38. The third kappa shape index (κ3) is 5.63. The minimum Gasteiger partial charge on any atom is -0.472 e. The fourth-order valence-electron chi connectivity index (χ4n) is 1.17. The van der Waals surface area contributed by atoms with Crippen LogP contribution >= 0.6 is 0 Å². The lowest BCUT2D eigenvalue weighted by molar-refractivity contribution is 0.274. The van der Waals surface area contributed by atoms with Crippen molar-refractivity contribution < 1.29 is 4.74 Å². The second-order valence-electron chi connectivity index (χ2n) is 5.42. The Morgan fingerprint density at radius 3 is 2.16 bits per heavy atom. The fourth-order valence-corrected chi connectivity index (χ4v) is 1.17. The Kier molecular flexibility index (Phi) is 6.38. The molecule has 0 fully saturated rings. The largest absolute Gasteiger partial charge is 0.472 e. The van der Waals surface area contributed by atoms with Crippen molar-refractivity contribution in [2.24, 2.45) is 10.4 Å². The van der Waals surface area contributed by atoms with Crippen molar-refractivity contribution >= 4 is 5.71 Å². The van der Waals surface area contributed by atoms with Crippen LogP contribution in [0.5, 0.6) is 0 Å². The lowest BCUT2D eigenvalue weighted by atomic mass is 9.91. The summed E-state index contributed by atoms with van der Waals surface area (Å²) in [5.41, 5.74) is 1.21. The van der Waals surface area contributed by atoms with Crippen molar-refractivity contribution in [2.75, 3.05) is 6.61 Å². The van der Waals surface area contributed by atoms with Crippen LogP contribution in [0.15, 0.2) is 17.5 Å². The van der Waals surface area contributed by atoms with E-state index in [2.05, 4.69) is 53.0 Å². The van der Waals surface area contributed by atoms with Crippen LogP contribution < -0.4 is 0 Å². The van der Waals surface area contributed by atoms with Crippen LogP contribution in [0.25, 0.3) is 0 Å². The van der Waals surface area contributed by atoms with Gasteiger partial charge in [0.15, 0.2) is 5.82 Å². The van der Waals surface area contributed by atoms with E-state index in [1.807, 2.05) is 13.8 Å². The van der Waals surface area contributed by atoms with E-state index in [0.29, 0.717) is 18.4 Å². The summed E-state index contributed by atoms with van der Waals surface area (Å²) >= 11 is 0. The first-order valence-corrected chi connectivity index (χ1v) is 5.93. The van der Waals surface area contributed by atoms with Crippen LogP contribution in [0.1, 0.15) is 53.8 Å². The average molecular weight is 267 g/mol. The van der Waals surface area contributed by atoms with Crippen LogP contribution in [0.2, 0.25) is 0 Å². The maximum Gasteiger partial charge on any atom is 0.206 e. The smallest absolute Gasteiger partial charge is 0.206 e. The van der Waals surface area contributed by atoms with Gasteiger partial charge in [-0.15, -0.1) is 10.2 Å². The Balaban J connectivity index is 0.000000331. The van der Waals surface area contributed by atoms with E-state index in [4.69, 9.17) is 4.74 Å². The summed E-state index contributed by atoms with van der Waals surface area (Å²) in [7, 11) is 0. The summed E-state index contributed by atoms with van der Waals surface area (Å²) in [6, 6.07) is 0. The molecule has 6 nitrogen and oxygen atoms in total. The van der Waals surface area contributed by atoms with Crippen molar-refractivity contribution in [2.45, 2.75) is 48.0 Å². The molecule has 0 aliphatic carbocycles. The number of hydrogen-bond acceptors (Lipinski definition) is 5. The van der Waals surface area contributed by atoms with Gasteiger partial charge in [0.05, 0.1) is 5.71 Å². The Bertz CT molecular complexity index is 415. The third-order valence-corrected chi connectivity index (χ3v) is 2.38. The lowest BCUT2D eigenvalue weighted by Crippen LogP contribution is -2.21. The van der Waals surface area contributed by atoms with Crippen molar-refractivity contribution in [1.82, 2.24) is 20.6 Å². The predicted octanol–water partition coefficient (Wildman–Crippen LogP) is 2.93. The van der Waals surface area contributed by atoms with E-state index in [1.165, 1.54) is 0 Å². The highest BCUT2D eigenvalue weighted by molar-refractivity contribution is 5.92. The molecule has 2 rings (SSSR count). The maximum absolute atomic E-state index is 5.09. The Morgan fingerprint density at radius 1 is 1.32 bits per heavy atom. The molecule has 0 amide bonds. The summed E-state index contributed by atoms with van der Waals surface area (Å²) in [5.74, 6) is 1.68. The van der Waals surface area contributed by atoms with Crippen molar-refractivity contribution in [3.8, 4) is 0 Å². The van der Waals surface area contributed by atoms with Crippen molar-refractivity contribution in [3.63, 3.8) is 0 Å². The second kappa shape index (κ2) is 7.01. The van der Waals surface area contributed by atoms with Gasteiger partial charge in [-0.05, 0) is 6.58 Å². The molecule has 1 aromatic heterocycles. The fraction of sp³-hybridized carbons (Fsp3) is 0.692. The number of tetrazole rings is 1. The van der Waals surface area contributed by atoms with Crippen LogP contribution in [-0.2, 0) is 4.74 Å². The van der Waals surface area contributed by atoms with Gasteiger partial charge in [0.2, 0.25) is 5.88 Å². The molecule has 0 bridgehead atoms. The normalized spacial score (nSPS) is 14.2. The first-order valence-electron chi connectivity index (χ1n) is 5.93. The lowest BCUT2D eigenvalue weighted by Gasteiger charge is -2.15. The molecule has 0 spiro atoms. The molecular formula is C13H25N5O. The molecule has 1 aromatic rings. The summed E-state index contributed by atoms with van der Waals surface area (Å²) in [5, 5.41) is 13.3. The van der Waals surface area contributed by atoms with Crippen LogP contribution in [0.3, 0.4) is 0 Å². The van der Waals surface area contributed by atoms with Gasteiger partial charge in [-0.2, -0.15) is 5.21 Å². The molecule has 1 N–H and O–H groups in total. The molecule has 1 aliphatic heterocycles. The van der Waals surface area contributed by atoms with E-state index in [1.54, 1.807) is 0 Å². The number of hydrogen-bond donors (Lipinski definition) is 1. The molecule has 19 heavy (non-hydrogen) atoms. The summed E-state index contributed by atoms with van der Waals surface area (Å²) in [6.45, 7) is 14.6. The summed E-state index contributed by atoms with van der Waals surface area (Å²) < 4.78 is 5.09. The zero-order valence-electron chi connectivity index (χ0n) is 11.7. The number of nitrogens with zero attached hydrogens (tertiary/aromatic N) is 4. The quantitative estimate of drug-likeness (QED) is 0.848. The highest BCUT2D eigenvalue weighted by Crippen LogP contribution is 2.22. The number of ether oxygens (including phenoxy) is 1. The van der Waals surface area contributed by atoms with Gasteiger partial charge in [0.25, 0.3) is 0 Å². The number of nitrogens with one attached hydrogen (secondary N) is 1. The Morgan fingerprint density at radius 2 is 1.95 bits per heavy atom. The van der Waals surface area contributed by atoms with Crippen LogP contribution in [0.4, 0.5) is 0 Å². The maximum atomic E-state index is 5.09. The molecule has 2 heterocycles. The number of H-pyrrole nitrogens is 1. The number of rotatable bonds is 1. The molecular weight excluding hydrogens is 242 g/mol. The Hall–Kier alpha value is -1.72. The SMILES string of the molecule is C.C=C1N=C(C(C)(C)C)CO1.CC(C)c1nn[nH]n1. The molecule has 6 heteroatoms. The van der Waals surface area contributed by atoms with Gasteiger partial charge in [-0.25, -0.2) is 4.99 Å². The van der Waals surface area contributed by atoms with Gasteiger partial charge < -0.3 is 4.74 Å². The predicted molar refractivity (Wildman–Crippen MR) is 77.0 cm³/mol. The van der Waals surface area contributed by atoms with Gasteiger partial charge in [0.1, 0.15) is 6.61 Å². The standard InChI is InChI=1S/C8H13NO.C4H8N4.CH4/c1-6-9-7(5-10-6)8(2,3)4;1-3(2)4-5-7-8-6-4;/h1,5H2,2-4H3;3H,1-2H3,(H,5,6,7,8);1H4. The second-order valence-corrected chi connectivity index (χ2v) is 5.42. The van der Waals surface area contributed by atoms with Crippen LogP contribution in [0, 0.1) is 5.41 Å². The van der Waals surface area contributed by atoms with E-state index < -0.39 is 0 Å². The number of aromatic nitrogens is 4. The Labute approximate surface area is 115 Å². The molecule has 0 saturated heterocycles. The number of aliphatic imine (C=N–C) groups is 1. The van der Waals surface area contributed by atoms with Crippen molar-refractivity contribution in [1.29, 1.82) is 0 Å². The van der Waals surface area contributed by atoms with E-state index in [9.17, 15) is 0 Å². The van der Waals surface area contributed by atoms with Gasteiger partial charge in [-0.3, -0.25) is 0 Å². The molecule has 108 valence electrons. The zero-order chi connectivity index (χ0) is 13.8. The topological polar surface area (TPSA) is 76.1 Å². The molecule has 0 saturated carbocycles. The molecule has 0 atom stereocenters. The highest BCUT2D eigenvalue weighted by Gasteiger charge is 2.23. The summed E-state index contributed by atoms with van der Waals surface area (Å²) in [4.78, 5) is 4.16. The van der Waals surface area contributed by atoms with Crippen molar-refractivity contribution in [3.05, 3.63) is 18.3 Å². The summed E-state index contributed by atoms with van der Waals surface area (Å²) in [6.07, 6.45) is 0. The van der Waals surface area contributed by atoms with E-state index in [-0.39, 0.29) is 12.8 Å². The number of aromatic amines is 1. The average Bonchev–Trinajstić information content (AvgIpc) is 2.86. The molecule has 1 aliphatic rings. The minimum absolute atomic E-state index is 0. The highest BCUT2D eigenvalue weighted by atomic mass is 16.5. The molecule has 0 radical (unpaired) electrons. The van der Waals surface area contributed by atoms with Gasteiger partial charge in [0, 0.05) is 11.3 Å².